The first-order valence-electron chi connectivity index (χ1n) is 6.84. The average Bonchev–Trinajstić information content (AvgIpc) is 2.50. The van der Waals surface area contributed by atoms with Crippen LogP contribution in [0.3, 0.4) is 0 Å². The van der Waals surface area contributed by atoms with Gasteiger partial charge in [0.15, 0.2) is 5.78 Å². The number of thioether (sulfide) groups is 1. The van der Waals surface area contributed by atoms with E-state index in [9.17, 15) is 14.0 Å². The van der Waals surface area contributed by atoms with Gasteiger partial charge in [-0.3, -0.25) is 9.59 Å². The molecule has 0 unspecified atom stereocenters. The number of anilines is 1. The maximum absolute atomic E-state index is 12.8. The van der Waals surface area contributed by atoms with Crippen LogP contribution in [-0.4, -0.2) is 17.4 Å². The topological polar surface area (TPSA) is 46.2 Å². The largest absolute Gasteiger partial charge is 0.326 e. The molecule has 0 saturated heterocycles. The van der Waals surface area contributed by atoms with Gasteiger partial charge in [-0.2, -0.15) is 0 Å². The SMILES string of the molecule is CC(=O)c1ccc(NC(=O)CCSc2ccc(F)cc2)cc1. The van der Waals surface area contributed by atoms with Crippen LogP contribution in [0.1, 0.15) is 23.7 Å². The smallest absolute Gasteiger partial charge is 0.225 e. The molecule has 2 rings (SSSR count). The van der Waals surface area contributed by atoms with Gasteiger partial charge in [-0.15, -0.1) is 11.8 Å². The highest BCUT2D eigenvalue weighted by molar-refractivity contribution is 7.99. The van der Waals surface area contributed by atoms with E-state index >= 15 is 0 Å². The van der Waals surface area contributed by atoms with E-state index in [2.05, 4.69) is 5.32 Å². The van der Waals surface area contributed by atoms with E-state index in [0.29, 0.717) is 23.4 Å². The summed E-state index contributed by atoms with van der Waals surface area (Å²) in [6.07, 6.45) is 0.358. The number of carbonyl (C=O) groups excluding carboxylic acids is 2. The van der Waals surface area contributed by atoms with Crippen molar-refractivity contribution in [1.29, 1.82) is 0 Å². The summed E-state index contributed by atoms with van der Waals surface area (Å²) < 4.78 is 12.8. The van der Waals surface area contributed by atoms with Crippen LogP contribution in [-0.2, 0) is 4.79 Å². The second-order valence-corrected chi connectivity index (χ2v) is 5.90. The highest BCUT2D eigenvalue weighted by Crippen LogP contribution is 2.19. The second-order valence-electron chi connectivity index (χ2n) is 4.73. The molecule has 0 aliphatic heterocycles. The van der Waals surface area contributed by atoms with E-state index < -0.39 is 0 Å². The Bertz CT molecular complexity index is 653. The van der Waals surface area contributed by atoms with E-state index in [1.54, 1.807) is 36.4 Å². The number of ketones is 1. The molecule has 0 heterocycles. The van der Waals surface area contributed by atoms with Gasteiger partial charge in [0, 0.05) is 28.3 Å². The van der Waals surface area contributed by atoms with Gasteiger partial charge in [0.05, 0.1) is 0 Å². The Labute approximate surface area is 132 Å². The lowest BCUT2D eigenvalue weighted by atomic mass is 10.1. The zero-order valence-electron chi connectivity index (χ0n) is 12.1. The van der Waals surface area contributed by atoms with Crippen molar-refractivity contribution in [2.45, 2.75) is 18.2 Å². The third-order valence-corrected chi connectivity index (χ3v) is 4.00. The van der Waals surface area contributed by atoms with Crippen molar-refractivity contribution < 1.29 is 14.0 Å². The van der Waals surface area contributed by atoms with E-state index in [1.807, 2.05) is 0 Å². The lowest BCUT2D eigenvalue weighted by Crippen LogP contribution is -2.12. The van der Waals surface area contributed by atoms with Crippen LogP contribution < -0.4 is 5.32 Å². The molecule has 0 aliphatic carbocycles. The monoisotopic (exact) mass is 317 g/mol. The Morgan fingerprint density at radius 2 is 1.68 bits per heavy atom. The van der Waals surface area contributed by atoms with Crippen LogP contribution in [0, 0.1) is 5.82 Å². The highest BCUT2D eigenvalue weighted by atomic mass is 32.2. The van der Waals surface area contributed by atoms with Crippen molar-refractivity contribution in [2.75, 3.05) is 11.1 Å². The fourth-order valence-corrected chi connectivity index (χ4v) is 2.66. The van der Waals surface area contributed by atoms with Gasteiger partial charge in [0.1, 0.15) is 5.82 Å². The van der Waals surface area contributed by atoms with Crippen LogP contribution in [0.4, 0.5) is 10.1 Å². The van der Waals surface area contributed by atoms with Crippen LogP contribution in [0.25, 0.3) is 0 Å². The first kappa shape index (κ1) is 16.2. The molecule has 22 heavy (non-hydrogen) atoms. The van der Waals surface area contributed by atoms with Gasteiger partial charge in [-0.1, -0.05) is 0 Å². The number of rotatable bonds is 6. The van der Waals surface area contributed by atoms with Crippen molar-refractivity contribution in [3.05, 3.63) is 59.9 Å². The first-order chi connectivity index (χ1) is 10.5. The van der Waals surface area contributed by atoms with Gasteiger partial charge in [-0.25, -0.2) is 4.39 Å². The fourth-order valence-electron chi connectivity index (χ4n) is 1.80. The van der Waals surface area contributed by atoms with E-state index in [1.165, 1.54) is 30.8 Å². The summed E-state index contributed by atoms with van der Waals surface area (Å²) in [5.74, 6) is 0.248. The van der Waals surface area contributed by atoms with Crippen LogP contribution in [0.5, 0.6) is 0 Å². The van der Waals surface area contributed by atoms with Gasteiger partial charge in [0.2, 0.25) is 5.91 Å². The lowest BCUT2D eigenvalue weighted by Gasteiger charge is -2.06. The van der Waals surface area contributed by atoms with Crippen LogP contribution >= 0.6 is 11.8 Å². The second kappa shape index (κ2) is 7.75. The summed E-state index contributed by atoms with van der Waals surface area (Å²) in [5.41, 5.74) is 1.28. The van der Waals surface area contributed by atoms with E-state index in [0.717, 1.165) is 4.90 Å². The number of amides is 1. The number of nitrogens with one attached hydrogen (secondary N) is 1. The average molecular weight is 317 g/mol. The quantitative estimate of drug-likeness (QED) is 0.643. The van der Waals surface area contributed by atoms with Gasteiger partial charge in [-0.05, 0) is 55.5 Å². The Morgan fingerprint density at radius 3 is 2.27 bits per heavy atom. The molecule has 0 aliphatic rings. The van der Waals surface area contributed by atoms with Crippen LogP contribution in [0.2, 0.25) is 0 Å². The molecule has 3 nitrogen and oxygen atoms in total. The van der Waals surface area contributed by atoms with Crippen LogP contribution in [0.15, 0.2) is 53.4 Å². The molecular weight excluding hydrogens is 301 g/mol. The minimum absolute atomic E-state index is 0.00595. The van der Waals surface area contributed by atoms with Gasteiger partial charge in [0.25, 0.3) is 0 Å². The molecule has 0 radical (unpaired) electrons. The summed E-state index contributed by atoms with van der Waals surface area (Å²) >= 11 is 1.50. The van der Waals surface area contributed by atoms with Gasteiger partial charge < -0.3 is 5.32 Å². The lowest BCUT2D eigenvalue weighted by molar-refractivity contribution is -0.115. The normalized spacial score (nSPS) is 10.3. The minimum atomic E-state index is -0.267. The van der Waals surface area contributed by atoms with Crippen molar-refractivity contribution in [1.82, 2.24) is 0 Å². The number of carbonyl (C=O) groups is 2. The molecule has 0 bridgehead atoms. The summed E-state index contributed by atoms with van der Waals surface area (Å²) in [6.45, 7) is 1.50. The number of halogens is 1. The summed E-state index contributed by atoms with van der Waals surface area (Å²) in [5, 5.41) is 2.78. The Balaban J connectivity index is 1.77. The summed E-state index contributed by atoms with van der Waals surface area (Å²) in [6, 6.07) is 13.0. The standard InChI is InChI=1S/C17H16FNO2S/c1-12(20)13-2-6-15(7-3-13)19-17(21)10-11-22-16-8-4-14(18)5-9-16/h2-9H,10-11H2,1H3,(H,19,21). The molecule has 0 atom stereocenters. The number of hydrogen-bond donors (Lipinski definition) is 1. The molecular formula is C17H16FNO2S. The predicted molar refractivity (Wildman–Crippen MR) is 86.8 cm³/mol. The number of hydrogen-bond acceptors (Lipinski definition) is 3. The van der Waals surface area contributed by atoms with Crippen molar-refractivity contribution in [2.24, 2.45) is 0 Å². The summed E-state index contributed by atoms with van der Waals surface area (Å²) in [4.78, 5) is 23.9. The van der Waals surface area contributed by atoms with Crippen molar-refractivity contribution in [3.8, 4) is 0 Å². The molecule has 1 amide bonds. The molecule has 114 valence electrons. The molecule has 0 aromatic heterocycles. The Kier molecular flexibility index (Phi) is 5.72. The Hall–Kier alpha value is -2.14. The molecule has 2 aromatic carbocycles. The third kappa shape index (κ3) is 5.00. The minimum Gasteiger partial charge on any atom is -0.326 e. The predicted octanol–water partition coefficient (Wildman–Crippen LogP) is 4.15. The van der Waals surface area contributed by atoms with Crippen molar-refractivity contribution in [3.63, 3.8) is 0 Å². The van der Waals surface area contributed by atoms with E-state index in [-0.39, 0.29) is 17.5 Å². The number of Topliss-reactive ketones (excluding diaryl/α,β-unsaturated/α-hetero) is 1. The zero-order chi connectivity index (χ0) is 15.9. The first-order valence-corrected chi connectivity index (χ1v) is 7.82. The fraction of sp³-hybridized carbons (Fsp3) is 0.176. The molecule has 1 N–H and O–H groups in total. The molecule has 0 spiro atoms. The number of benzene rings is 2. The van der Waals surface area contributed by atoms with Gasteiger partial charge >= 0.3 is 0 Å². The third-order valence-electron chi connectivity index (χ3n) is 2.99. The molecule has 2 aromatic rings. The Morgan fingerprint density at radius 1 is 1.05 bits per heavy atom. The zero-order valence-corrected chi connectivity index (χ0v) is 13.0. The molecule has 5 heteroatoms. The molecule has 0 fully saturated rings. The highest BCUT2D eigenvalue weighted by Gasteiger charge is 2.04. The molecule has 0 saturated carbocycles. The maximum Gasteiger partial charge on any atom is 0.225 e. The summed E-state index contributed by atoms with van der Waals surface area (Å²) in [7, 11) is 0. The van der Waals surface area contributed by atoms with E-state index in [4.69, 9.17) is 0 Å². The van der Waals surface area contributed by atoms with Crippen molar-refractivity contribution >= 4 is 29.1 Å². The maximum atomic E-state index is 12.8.